The first-order valence-corrected chi connectivity index (χ1v) is 12.1. The molecule has 2 aromatic carbocycles. The highest BCUT2D eigenvalue weighted by molar-refractivity contribution is 7.98. The number of thioether (sulfide) groups is 1. The molecule has 0 saturated carbocycles. The Kier molecular flexibility index (Phi) is 6.24. The van der Waals surface area contributed by atoms with Gasteiger partial charge in [0, 0.05) is 28.1 Å². The van der Waals surface area contributed by atoms with Crippen molar-refractivity contribution >= 4 is 29.0 Å². The maximum Gasteiger partial charge on any atom is 0.350 e. The molecule has 8 nitrogen and oxygen atoms in total. The molecular weight excluding hydrogens is 462 g/mol. The fourth-order valence-electron chi connectivity index (χ4n) is 3.83. The van der Waals surface area contributed by atoms with Gasteiger partial charge in [0.25, 0.3) is 5.91 Å². The Morgan fingerprint density at radius 1 is 1.06 bits per heavy atom. The van der Waals surface area contributed by atoms with Crippen LogP contribution in [0.4, 0.5) is 5.69 Å². The second-order valence-electron chi connectivity index (χ2n) is 8.11. The molecule has 0 radical (unpaired) electrons. The SMILES string of the molecule is Cc1noc(C)c1CSc1ccccc1C(=O)Nc1cccc(Cn2nc3ccccn3c2=O)c1. The van der Waals surface area contributed by atoms with Gasteiger partial charge in [0.05, 0.1) is 17.8 Å². The van der Waals surface area contributed by atoms with E-state index >= 15 is 0 Å². The molecule has 0 aliphatic carbocycles. The van der Waals surface area contributed by atoms with Gasteiger partial charge in [-0.15, -0.1) is 16.9 Å². The molecule has 5 rings (SSSR count). The zero-order valence-corrected chi connectivity index (χ0v) is 20.1. The van der Waals surface area contributed by atoms with Crippen LogP contribution in [0, 0.1) is 13.8 Å². The average molecular weight is 486 g/mol. The average Bonchev–Trinajstić information content (AvgIpc) is 3.36. The first-order chi connectivity index (χ1) is 17.0. The topological polar surface area (TPSA) is 94.4 Å². The van der Waals surface area contributed by atoms with Crippen LogP contribution < -0.4 is 11.0 Å². The lowest BCUT2D eigenvalue weighted by Gasteiger charge is -2.11. The van der Waals surface area contributed by atoms with E-state index in [9.17, 15) is 9.59 Å². The van der Waals surface area contributed by atoms with Crippen LogP contribution in [0.25, 0.3) is 5.65 Å². The van der Waals surface area contributed by atoms with Gasteiger partial charge in [0.15, 0.2) is 5.65 Å². The molecule has 0 aliphatic rings. The van der Waals surface area contributed by atoms with Crippen molar-refractivity contribution in [1.29, 1.82) is 0 Å². The van der Waals surface area contributed by atoms with Crippen molar-refractivity contribution in [3.05, 3.63) is 112 Å². The number of nitrogens with one attached hydrogen (secondary N) is 1. The number of nitrogens with zero attached hydrogens (tertiary/aromatic N) is 4. The summed E-state index contributed by atoms with van der Waals surface area (Å²) in [5.74, 6) is 1.25. The zero-order chi connectivity index (χ0) is 24.4. The van der Waals surface area contributed by atoms with Gasteiger partial charge in [0.1, 0.15) is 5.76 Å². The van der Waals surface area contributed by atoms with E-state index in [4.69, 9.17) is 4.52 Å². The van der Waals surface area contributed by atoms with E-state index < -0.39 is 0 Å². The summed E-state index contributed by atoms with van der Waals surface area (Å²) >= 11 is 1.57. The highest BCUT2D eigenvalue weighted by atomic mass is 32.2. The van der Waals surface area contributed by atoms with E-state index in [1.54, 1.807) is 30.1 Å². The predicted octanol–water partition coefficient (Wildman–Crippen LogP) is 4.69. The Balaban J connectivity index is 1.32. The highest BCUT2D eigenvalue weighted by Crippen LogP contribution is 2.29. The number of amides is 1. The van der Waals surface area contributed by atoms with Crippen LogP contribution >= 0.6 is 11.8 Å². The van der Waals surface area contributed by atoms with Gasteiger partial charge >= 0.3 is 5.69 Å². The lowest BCUT2D eigenvalue weighted by molar-refractivity contribution is 0.102. The van der Waals surface area contributed by atoms with E-state index in [-0.39, 0.29) is 11.6 Å². The number of carbonyl (C=O) groups is 1. The molecular formula is C26H23N5O3S. The number of anilines is 1. The Morgan fingerprint density at radius 2 is 1.89 bits per heavy atom. The van der Waals surface area contributed by atoms with Gasteiger partial charge in [-0.1, -0.05) is 35.5 Å². The fourth-order valence-corrected chi connectivity index (χ4v) is 5.03. The van der Waals surface area contributed by atoms with E-state index in [1.807, 2.05) is 68.4 Å². The number of carbonyl (C=O) groups excluding carboxylic acids is 1. The minimum absolute atomic E-state index is 0.200. The molecule has 9 heteroatoms. The summed E-state index contributed by atoms with van der Waals surface area (Å²) in [5.41, 5.74) is 4.38. The summed E-state index contributed by atoms with van der Waals surface area (Å²) in [6.45, 7) is 4.11. The summed E-state index contributed by atoms with van der Waals surface area (Å²) < 4.78 is 8.17. The summed E-state index contributed by atoms with van der Waals surface area (Å²) in [5, 5.41) is 11.4. The van der Waals surface area contributed by atoms with E-state index in [1.165, 1.54) is 9.08 Å². The van der Waals surface area contributed by atoms with Crippen molar-refractivity contribution in [2.45, 2.75) is 31.0 Å². The molecule has 5 aromatic rings. The number of pyridine rings is 1. The second-order valence-corrected chi connectivity index (χ2v) is 9.13. The third kappa shape index (κ3) is 4.76. The molecule has 0 unspecified atom stereocenters. The van der Waals surface area contributed by atoms with Crippen LogP contribution in [0.15, 0.2) is 87.1 Å². The number of rotatable bonds is 7. The number of fused-ring (bicyclic) bond motifs is 1. The van der Waals surface area contributed by atoms with E-state index in [0.717, 1.165) is 27.5 Å². The maximum atomic E-state index is 13.1. The molecule has 0 bridgehead atoms. The first-order valence-electron chi connectivity index (χ1n) is 11.1. The molecule has 3 aromatic heterocycles. The Morgan fingerprint density at radius 3 is 2.69 bits per heavy atom. The molecule has 0 saturated heterocycles. The van der Waals surface area contributed by atoms with Gasteiger partial charge in [-0.2, -0.15) is 0 Å². The van der Waals surface area contributed by atoms with Gasteiger partial charge < -0.3 is 9.84 Å². The van der Waals surface area contributed by atoms with Crippen LogP contribution in [0.3, 0.4) is 0 Å². The van der Waals surface area contributed by atoms with Gasteiger partial charge in [-0.25, -0.2) is 9.48 Å². The zero-order valence-electron chi connectivity index (χ0n) is 19.3. The monoisotopic (exact) mass is 485 g/mol. The summed E-state index contributed by atoms with van der Waals surface area (Å²) in [6.07, 6.45) is 1.69. The van der Waals surface area contributed by atoms with Crippen molar-refractivity contribution in [3.8, 4) is 0 Å². The molecule has 176 valence electrons. The van der Waals surface area contributed by atoms with Crippen LogP contribution in [0.5, 0.6) is 0 Å². The molecule has 35 heavy (non-hydrogen) atoms. The second kappa shape index (κ2) is 9.63. The minimum atomic E-state index is -0.209. The molecule has 0 aliphatic heterocycles. The van der Waals surface area contributed by atoms with Crippen molar-refractivity contribution in [3.63, 3.8) is 0 Å². The van der Waals surface area contributed by atoms with Gasteiger partial charge in [-0.3, -0.25) is 9.20 Å². The number of aryl methyl sites for hydroxylation is 2. The molecule has 0 spiro atoms. The fraction of sp³-hybridized carbons (Fsp3) is 0.154. The van der Waals surface area contributed by atoms with Crippen LogP contribution in [0.2, 0.25) is 0 Å². The Bertz CT molecular complexity index is 1560. The van der Waals surface area contributed by atoms with Crippen molar-refractivity contribution in [1.82, 2.24) is 19.3 Å². The molecule has 0 atom stereocenters. The van der Waals surface area contributed by atoms with Gasteiger partial charge in [-0.05, 0) is 55.8 Å². The van der Waals surface area contributed by atoms with Crippen LogP contribution in [-0.2, 0) is 12.3 Å². The maximum absolute atomic E-state index is 13.1. The van der Waals surface area contributed by atoms with Crippen LogP contribution in [-0.4, -0.2) is 25.2 Å². The first kappa shape index (κ1) is 22.7. The summed E-state index contributed by atoms with van der Waals surface area (Å²) in [7, 11) is 0. The smallest absolute Gasteiger partial charge is 0.350 e. The number of aromatic nitrogens is 4. The highest BCUT2D eigenvalue weighted by Gasteiger charge is 2.15. The normalized spacial score (nSPS) is 11.1. The number of hydrogen-bond donors (Lipinski definition) is 1. The lowest BCUT2D eigenvalue weighted by atomic mass is 10.1. The standard InChI is InChI=1S/C26H23N5O3S/c1-17-22(18(2)34-29-17)16-35-23-11-4-3-10-21(23)25(32)27-20-9-7-8-19(14-20)15-31-26(33)30-13-6-5-12-24(30)28-31/h3-14H,15-16H2,1-2H3,(H,27,32). The van der Waals surface area contributed by atoms with Crippen molar-refractivity contribution in [2.24, 2.45) is 0 Å². The quantitative estimate of drug-likeness (QED) is 0.336. The molecule has 1 N–H and O–H groups in total. The number of benzene rings is 2. The largest absolute Gasteiger partial charge is 0.361 e. The molecule has 3 heterocycles. The Labute approximate surface area is 205 Å². The van der Waals surface area contributed by atoms with Gasteiger partial charge in [0.2, 0.25) is 0 Å². The summed E-state index contributed by atoms with van der Waals surface area (Å²) in [4.78, 5) is 26.6. The Hall–Kier alpha value is -4.11. The third-order valence-electron chi connectivity index (χ3n) is 5.69. The van der Waals surface area contributed by atoms with Crippen LogP contribution in [0.1, 0.15) is 32.9 Å². The van der Waals surface area contributed by atoms with E-state index in [0.29, 0.717) is 29.2 Å². The molecule has 1 amide bonds. The third-order valence-corrected chi connectivity index (χ3v) is 6.79. The minimum Gasteiger partial charge on any atom is -0.361 e. The lowest BCUT2D eigenvalue weighted by Crippen LogP contribution is -2.21. The van der Waals surface area contributed by atoms with Crippen molar-refractivity contribution < 1.29 is 9.32 Å². The van der Waals surface area contributed by atoms with Crippen molar-refractivity contribution in [2.75, 3.05) is 5.32 Å². The van der Waals surface area contributed by atoms with E-state index in [2.05, 4.69) is 15.6 Å². The molecule has 0 fully saturated rings. The summed E-state index contributed by atoms with van der Waals surface area (Å²) in [6, 6.07) is 20.4. The predicted molar refractivity (Wildman–Crippen MR) is 135 cm³/mol. The number of hydrogen-bond acceptors (Lipinski definition) is 6.